The highest BCUT2D eigenvalue weighted by molar-refractivity contribution is 6.32. The lowest BCUT2D eigenvalue weighted by Crippen LogP contribution is -2.20. The van der Waals surface area contributed by atoms with Crippen LogP contribution in [0.4, 0.5) is 0 Å². The van der Waals surface area contributed by atoms with Crippen LogP contribution in [0.3, 0.4) is 0 Å². The summed E-state index contributed by atoms with van der Waals surface area (Å²) in [5, 5.41) is 10.7. The zero-order valence-electron chi connectivity index (χ0n) is 9.51. The monoisotopic (exact) mass is 241 g/mol. The SMILES string of the molecule is COc1c(Cl)cc(C2(CN)CC2)c(O)c1C. The van der Waals surface area contributed by atoms with Gasteiger partial charge in [-0.3, -0.25) is 0 Å². The van der Waals surface area contributed by atoms with E-state index in [0.29, 0.717) is 22.9 Å². The molecule has 0 aliphatic heterocycles. The maximum atomic E-state index is 10.1. The first-order valence-corrected chi connectivity index (χ1v) is 5.70. The molecule has 0 spiro atoms. The third kappa shape index (κ3) is 1.55. The summed E-state index contributed by atoms with van der Waals surface area (Å²) in [4.78, 5) is 0. The van der Waals surface area contributed by atoms with E-state index in [9.17, 15) is 5.11 Å². The van der Waals surface area contributed by atoms with E-state index in [1.54, 1.807) is 20.1 Å². The van der Waals surface area contributed by atoms with E-state index in [4.69, 9.17) is 22.1 Å². The van der Waals surface area contributed by atoms with Gasteiger partial charge in [0.2, 0.25) is 0 Å². The van der Waals surface area contributed by atoms with Crippen LogP contribution in [0.5, 0.6) is 11.5 Å². The van der Waals surface area contributed by atoms with Gasteiger partial charge in [-0.25, -0.2) is 0 Å². The average Bonchev–Trinajstić information content (AvgIpc) is 3.05. The third-order valence-electron chi connectivity index (χ3n) is 3.46. The lowest BCUT2D eigenvalue weighted by atomic mass is 9.93. The molecule has 2 rings (SSSR count). The van der Waals surface area contributed by atoms with Gasteiger partial charge < -0.3 is 15.6 Å². The Morgan fingerprint density at radius 1 is 1.56 bits per heavy atom. The second kappa shape index (κ2) is 3.82. The Bertz CT molecular complexity index is 428. The Hall–Kier alpha value is -0.930. The Kier molecular flexibility index (Phi) is 2.76. The standard InChI is InChI=1S/C12H16ClNO2/c1-7-10(15)8(12(6-14)3-4-12)5-9(13)11(7)16-2/h5,15H,3-4,6,14H2,1-2H3. The quantitative estimate of drug-likeness (QED) is 0.854. The van der Waals surface area contributed by atoms with E-state index in [1.807, 2.05) is 0 Å². The van der Waals surface area contributed by atoms with Crippen molar-refractivity contribution in [3.05, 3.63) is 22.2 Å². The van der Waals surface area contributed by atoms with Gasteiger partial charge in [0, 0.05) is 23.1 Å². The summed E-state index contributed by atoms with van der Waals surface area (Å²) in [5.74, 6) is 0.805. The van der Waals surface area contributed by atoms with Crippen molar-refractivity contribution in [2.24, 2.45) is 5.73 Å². The predicted octanol–water partition coefficient (Wildman–Crippen LogP) is 2.35. The summed E-state index contributed by atoms with van der Waals surface area (Å²) in [5.41, 5.74) is 7.23. The molecule has 0 bridgehead atoms. The zero-order valence-corrected chi connectivity index (χ0v) is 10.3. The molecule has 4 heteroatoms. The van der Waals surface area contributed by atoms with Gasteiger partial charge in [0.15, 0.2) is 0 Å². The van der Waals surface area contributed by atoms with Gasteiger partial charge in [0.25, 0.3) is 0 Å². The Labute approximate surface area is 100 Å². The van der Waals surface area contributed by atoms with E-state index in [1.165, 1.54) is 0 Å². The number of ether oxygens (including phenoxy) is 1. The van der Waals surface area contributed by atoms with Crippen molar-refractivity contribution in [1.82, 2.24) is 0 Å². The molecular weight excluding hydrogens is 226 g/mol. The average molecular weight is 242 g/mol. The fourth-order valence-electron chi connectivity index (χ4n) is 2.14. The maximum Gasteiger partial charge on any atom is 0.144 e. The first kappa shape index (κ1) is 11.6. The van der Waals surface area contributed by atoms with E-state index in [2.05, 4.69) is 0 Å². The molecule has 0 unspecified atom stereocenters. The Morgan fingerprint density at radius 3 is 2.62 bits per heavy atom. The number of hydrogen-bond donors (Lipinski definition) is 2. The number of rotatable bonds is 3. The summed E-state index contributed by atoms with van der Waals surface area (Å²) in [6.45, 7) is 2.35. The molecule has 1 aliphatic carbocycles. The van der Waals surface area contributed by atoms with Crippen molar-refractivity contribution in [2.45, 2.75) is 25.2 Å². The van der Waals surface area contributed by atoms with Crippen molar-refractivity contribution in [3.8, 4) is 11.5 Å². The van der Waals surface area contributed by atoms with Crippen molar-refractivity contribution in [1.29, 1.82) is 0 Å². The third-order valence-corrected chi connectivity index (χ3v) is 3.74. The summed E-state index contributed by atoms with van der Waals surface area (Å²) >= 11 is 6.12. The van der Waals surface area contributed by atoms with Crippen LogP contribution in [0.1, 0.15) is 24.0 Å². The fraction of sp³-hybridized carbons (Fsp3) is 0.500. The summed E-state index contributed by atoms with van der Waals surface area (Å²) in [6.07, 6.45) is 2.03. The molecular formula is C12H16ClNO2. The molecule has 0 heterocycles. The highest BCUT2D eigenvalue weighted by Crippen LogP contribution is 2.53. The highest BCUT2D eigenvalue weighted by atomic mass is 35.5. The fourth-order valence-corrected chi connectivity index (χ4v) is 2.47. The first-order valence-electron chi connectivity index (χ1n) is 5.32. The summed E-state index contributed by atoms with van der Waals surface area (Å²) in [7, 11) is 1.54. The molecule has 0 radical (unpaired) electrons. The molecule has 0 amide bonds. The largest absolute Gasteiger partial charge is 0.507 e. The van der Waals surface area contributed by atoms with E-state index < -0.39 is 0 Å². The van der Waals surface area contributed by atoms with Gasteiger partial charge in [0.05, 0.1) is 12.1 Å². The molecule has 1 aromatic rings. The zero-order chi connectivity index (χ0) is 11.9. The number of phenolic OH excluding ortho intramolecular Hbond substituents is 1. The number of nitrogens with two attached hydrogens (primary N) is 1. The van der Waals surface area contributed by atoms with Gasteiger partial charge in [-0.15, -0.1) is 0 Å². The molecule has 0 saturated heterocycles. The second-order valence-corrected chi connectivity index (χ2v) is 4.80. The van der Waals surface area contributed by atoms with Gasteiger partial charge in [-0.05, 0) is 25.8 Å². The molecule has 3 nitrogen and oxygen atoms in total. The van der Waals surface area contributed by atoms with Crippen LogP contribution < -0.4 is 10.5 Å². The smallest absolute Gasteiger partial charge is 0.144 e. The van der Waals surface area contributed by atoms with Crippen molar-refractivity contribution < 1.29 is 9.84 Å². The summed E-state index contributed by atoms with van der Waals surface area (Å²) in [6, 6.07) is 1.78. The molecule has 0 aromatic heterocycles. The second-order valence-electron chi connectivity index (χ2n) is 4.40. The Morgan fingerprint density at radius 2 is 2.19 bits per heavy atom. The predicted molar refractivity (Wildman–Crippen MR) is 64.4 cm³/mol. The molecule has 1 aromatic carbocycles. The molecule has 1 saturated carbocycles. The number of hydrogen-bond acceptors (Lipinski definition) is 3. The van der Waals surface area contributed by atoms with E-state index in [0.717, 1.165) is 18.4 Å². The number of methoxy groups -OCH3 is 1. The minimum Gasteiger partial charge on any atom is -0.507 e. The van der Waals surface area contributed by atoms with Crippen molar-refractivity contribution in [2.75, 3.05) is 13.7 Å². The van der Waals surface area contributed by atoms with Crippen molar-refractivity contribution in [3.63, 3.8) is 0 Å². The number of benzene rings is 1. The topological polar surface area (TPSA) is 55.5 Å². The normalized spacial score (nSPS) is 17.2. The van der Waals surface area contributed by atoms with Crippen LogP contribution in [0.15, 0.2) is 6.07 Å². The van der Waals surface area contributed by atoms with E-state index >= 15 is 0 Å². The van der Waals surface area contributed by atoms with Crippen LogP contribution in [-0.2, 0) is 5.41 Å². The minimum atomic E-state index is -0.0647. The lowest BCUT2D eigenvalue weighted by molar-refractivity contribution is 0.399. The maximum absolute atomic E-state index is 10.1. The minimum absolute atomic E-state index is 0.0647. The van der Waals surface area contributed by atoms with Crippen LogP contribution in [0, 0.1) is 6.92 Å². The van der Waals surface area contributed by atoms with Crippen molar-refractivity contribution >= 4 is 11.6 Å². The van der Waals surface area contributed by atoms with Gasteiger partial charge in [0.1, 0.15) is 11.5 Å². The van der Waals surface area contributed by atoms with Crippen LogP contribution in [0.2, 0.25) is 5.02 Å². The van der Waals surface area contributed by atoms with Crippen LogP contribution in [-0.4, -0.2) is 18.8 Å². The lowest BCUT2D eigenvalue weighted by Gasteiger charge is -2.19. The number of aromatic hydroxyl groups is 1. The molecule has 1 fully saturated rings. The number of halogens is 1. The first-order chi connectivity index (χ1) is 7.55. The van der Waals surface area contributed by atoms with Crippen LogP contribution >= 0.6 is 11.6 Å². The molecule has 1 aliphatic rings. The van der Waals surface area contributed by atoms with Gasteiger partial charge in [-0.2, -0.15) is 0 Å². The van der Waals surface area contributed by atoms with E-state index in [-0.39, 0.29) is 11.2 Å². The molecule has 88 valence electrons. The Balaban J connectivity index is 2.57. The molecule has 16 heavy (non-hydrogen) atoms. The van der Waals surface area contributed by atoms with Gasteiger partial charge >= 0.3 is 0 Å². The van der Waals surface area contributed by atoms with Gasteiger partial charge in [-0.1, -0.05) is 11.6 Å². The number of phenols is 1. The molecule has 3 N–H and O–H groups in total. The molecule has 0 atom stereocenters. The highest BCUT2D eigenvalue weighted by Gasteiger charge is 2.45. The summed E-state index contributed by atoms with van der Waals surface area (Å²) < 4.78 is 5.16. The van der Waals surface area contributed by atoms with Crippen LogP contribution in [0.25, 0.3) is 0 Å².